The summed E-state index contributed by atoms with van der Waals surface area (Å²) in [5.74, 6) is 0.0745. The van der Waals surface area contributed by atoms with Crippen molar-refractivity contribution in [2.24, 2.45) is 4.99 Å². The molecular weight excluding hydrogens is 312 g/mol. The molecule has 4 heteroatoms. The van der Waals surface area contributed by atoms with Crippen molar-refractivity contribution < 1.29 is 5.11 Å². The molecule has 1 heterocycles. The van der Waals surface area contributed by atoms with E-state index in [1.807, 2.05) is 25.1 Å². The molecule has 0 amide bonds. The molecule has 0 radical (unpaired) electrons. The third-order valence-corrected chi connectivity index (χ3v) is 5.23. The topological polar surface area (TPSA) is 54.6 Å². The number of aromatic nitrogens is 1. The molecule has 1 aliphatic carbocycles. The molecule has 0 bridgehead atoms. The number of hydrogen-bond acceptors (Lipinski definition) is 3. The molecule has 1 aromatic heterocycles. The number of nitrogens with zero attached hydrogens (tertiary/aromatic N) is 2. The van der Waals surface area contributed by atoms with Crippen molar-refractivity contribution in [1.29, 1.82) is 0 Å². The Labute approximate surface area is 149 Å². The lowest BCUT2D eigenvalue weighted by atomic mass is 9.96. The SMILES string of the molecule is CCCCn1c(=O)c(C=NC2CCCCC2)c(O)c2c(C)cccc21. The van der Waals surface area contributed by atoms with E-state index in [0.717, 1.165) is 42.1 Å². The predicted octanol–water partition coefficient (Wildman–Crippen LogP) is 4.57. The van der Waals surface area contributed by atoms with Crippen LogP contribution in [-0.2, 0) is 6.54 Å². The Morgan fingerprint density at radius 3 is 2.76 bits per heavy atom. The number of hydrogen-bond donors (Lipinski definition) is 1. The highest BCUT2D eigenvalue weighted by atomic mass is 16.3. The fourth-order valence-electron chi connectivity index (χ4n) is 3.74. The average Bonchev–Trinajstić information content (AvgIpc) is 2.62. The van der Waals surface area contributed by atoms with Gasteiger partial charge >= 0.3 is 0 Å². The van der Waals surface area contributed by atoms with Crippen LogP contribution >= 0.6 is 0 Å². The maximum atomic E-state index is 13.0. The first kappa shape index (κ1) is 17.7. The Hall–Kier alpha value is -2.10. The summed E-state index contributed by atoms with van der Waals surface area (Å²) in [6, 6.07) is 6.11. The number of unbranched alkanes of at least 4 members (excludes halogenated alkanes) is 1. The molecule has 3 rings (SSSR count). The summed E-state index contributed by atoms with van der Waals surface area (Å²) in [7, 11) is 0. The highest BCUT2D eigenvalue weighted by molar-refractivity contribution is 5.96. The van der Waals surface area contributed by atoms with Crippen LogP contribution in [0.5, 0.6) is 5.75 Å². The van der Waals surface area contributed by atoms with Gasteiger partial charge in [0.1, 0.15) is 11.3 Å². The molecule has 2 aromatic rings. The van der Waals surface area contributed by atoms with Gasteiger partial charge in [-0.2, -0.15) is 0 Å². The van der Waals surface area contributed by atoms with Gasteiger partial charge in [-0.25, -0.2) is 0 Å². The predicted molar refractivity (Wildman–Crippen MR) is 104 cm³/mol. The van der Waals surface area contributed by atoms with Crippen LogP contribution < -0.4 is 5.56 Å². The minimum Gasteiger partial charge on any atom is -0.506 e. The van der Waals surface area contributed by atoms with Gasteiger partial charge in [-0.15, -0.1) is 0 Å². The third-order valence-electron chi connectivity index (χ3n) is 5.23. The zero-order valence-corrected chi connectivity index (χ0v) is 15.3. The Kier molecular flexibility index (Phi) is 5.57. The van der Waals surface area contributed by atoms with Gasteiger partial charge in [-0.1, -0.05) is 44.7 Å². The van der Waals surface area contributed by atoms with Crippen LogP contribution in [0.3, 0.4) is 0 Å². The van der Waals surface area contributed by atoms with E-state index in [9.17, 15) is 9.90 Å². The first-order valence-corrected chi connectivity index (χ1v) is 9.51. The molecular formula is C21H28N2O2. The van der Waals surface area contributed by atoms with E-state index in [-0.39, 0.29) is 17.4 Å². The number of fused-ring (bicyclic) bond motifs is 1. The van der Waals surface area contributed by atoms with Crippen molar-refractivity contribution >= 4 is 17.1 Å². The van der Waals surface area contributed by atoms with Gasteiger partial charge in [0.2, 0.25) is 0 Å². The van der Waals surface area contributed by atoms with Gasteiger partial charge in [0.25, 0.3) is 5.56 Å². The second-order valence-electron chi connectivity index (χ2n) is 7.11. The van der Waals surface area contributed by atoms with E-state index in [1.165, 1.54) is 19.3 Å². The number of rotatable bonds is 5. The zero-order chi connectivity index (χ0) is 17.8. The van der Waals surface area contributed by atoms with Gasteiger partial charge < -0.3 is 9.67 Å². The van der Waals surface area contributed by atoms with Gasteiger partial charge in [-0.05, 0) is 37.8 Å². The summed E-state index contributed by atoms with van der Waals surface area (Å²) < 4.78 is 1.80. The minimum atomic E-state index is -0.136. The van der Waals surface area contributed by atoms with Gasteiger partial charge in [-0.3, -0.25) is 9.79 Å². The van der Waals surface area contributed by atoms with Crippen LogP contribution in [0.15, 0.2) is 28.0 Å². The molecule has 0 saturated heterocycles. The first-order valence-electron chi connectivity index (χ1n) is 9.51. The second-order valence-corrected chi connectivity index (χ2v) is 7.11. The molecule has 1 aromatic carbocycles. The lowest BCUT2D eigenvalue weighted by Gasteiger charge is -2.18. The Morgan fingerprint density at radius 1 is 1.28 bits per heavy atom. The number of benzene rings is 1. The summed E-state index contributed by atoms with van der Waals surface area (Å²) in [5.41, 5.74) is 1.99. The largest absolute Gasteiger partial charge is 0.506 e. The molecule has 0 atom stereocenters. The lowest BCUT2D eigenvalue weighted by molar-refractivity contribution is 0.444. The van der Waals surface area contributed by atoms with Gasteiger partial charge in [0, 0.05) is 24.2 Å². The summed E-state index contributed by atoms with van der Waals surface area (Å²) in [4.78, 5) is 17.6. The second kappa shape index (κ2) is 7.85. The number of aryl methyl sites for hydroxylation is 2. The summed E-state index contributed by atoms with van der Waals surface area (Å²) in [6.07, 6.45) is 9.41. The first-order chi connectivity index (χ1) is 12.1. The quantitative estimate of drug-likeness (QED) is 0.811. The third kappa shape index (κ3) is 3.63. The van der Waals surface area contributed by atoms with Gasteiger partial charge in [0.05, 0.1) is 5.52 Å². The molecule has 1 saturated carbocycles. The van der Waals surface area contributed by atoms with E-state index in [4.69, 9.17) is 0 Å². The molecule has 25 heavy (non-hydrogen) atoms. The van der Waals surface area contributed by atoms with Crippen LogP contribution in [0.1, 0.15) is 63.0 Å². The van der Waals surface area contributed by atoms with Gasteiger partial charge in [0.15, 0.2) is 0 Å². The number of pyridine rings is 1. The smallest absolute Gasteiger partial charge is 0.263 e. The van der Waals surface area contributed by atoms with Crippen molar-refractivity contribution in [2.75, 3.05) is 0 Å². The molecule has 0 unspecified atom stereocenters. The Bertz CT molecular complexity index is 830. The summed E-state index contributed by atoms with van der Waals surface area (Å²) >= 11 is 0. The fraction of sp³-hybridized carbons (Fsp3) is 0.524. The van der Waals surface area contributed by atoms with Crippen LogP contribution in [0, 0.1) is 6.92 Å². The van der Waals surface area contributed by atoms with Crippen molar-refractivity contribution in [3.8, 4) is 5.75 Å². The maximum Gasteiger partial charge on any atom is 0.263 e. The lowest BCUT2D eigenvalue weighted by Crippen LogP contribution is -2.25. The standard InChI is InChI=1S/C21H28N2O2/c1-3-4-13-23-18-12-8-9-15(2)19(18)20(24)17(21(23)25)14-22-16-10-6-5-7-11-16/h8-9,12,14,16,24H,3-7,10-11,13H2,1-2H3. The van der Waals surface area contributed by atoms with E-state index >= 15 is 0 Å². The average molecular weight is 340 g/mol. The highest BCUT2D eigenvalue weighted by Crippen LogP contribution is 2.29. The van der Waals surface area contributed by atoms with Crippen molar-refractivity contribution in [1.82, 2.24) is 4.57 Å². The molecule has 1 N–H and O–H groups in total. The number of aliphatic imine (C=N–C) groups is 1. The monoisotopic (exact) mass is 340 g/mol. The zero-order valence-electron chi connectivity index (χ0n) is 15.3. The molecule has 1 aliphatic rings. The maximum absolute atomic E-state index is 13.0. The Balaban J connectivity index is 2.12. The van der Waals surface area contributed by atoms with Crippen molar-refractivity contribution in [3.63, 3.8) is 0 Å². The van der Waals surface area contributed by atoms with E-state index in [0.29, 0.717) is 12.1 Å². The molecule has 0 aliphatic heterocycles. The summed E-state index contributed by atoms with van der Waals surface area (Å²) in [5, 5.41) is 11.6. The summed E-state index contributed by atoms with van der Waals surface area (Å²) in [6.45, 7) is 4.75. The van der Waals surface area contributed by atoms with E-state index in [1.54, 1.807) is 10.8 Å². The minimum absolute atomic E-state index is 0.0745. The number of aromatic hydroxyl groups is 1. The normalized spacial score (nSPS) is 16.1. The van der Waals surface area contributed by atoms with Crippen LogP contribution in [-0.4, -0.2) is 21.9 Å². The van der Waals surface area contributed by atoms with E-state index < -0.39 is 0 Å². The molecule has 0 spiro atoms. The van der Waals surface area contributed by atoms with Crippen molar-refractivity contribution in [3.05, 3.63) is 39.7 Å². The van der Waals surface area contributed by atoms with Crippen molar-refractivity contribution in [2.45, 2.75) is 71.4 Å². The highest BCUT2D eigenvalue weighted by Gasteiger charge is 2.17. The fourth-order valence-corrected chi connectivity index (χ4v) is 3.74. The molecule has 1 fully saturated rings. The van der Waals surface area contributed by atoms with Crippen LogP contribution in [0.4, 0.5) is 0 Å². The molecule has 4 nitrogen and oxygen atoms in total. The van der Waals surface area contributed by atoms with Crippen LogP contribution in [0.25, 0.3) is 10.9 Å². The van der Waals surface area contributed by atoms with Crippen LogP contribution in [0.2, 0.25) is 0 Å². The van der Waals surface area contributed by atoms with E-state index in [2.05, 4.69) is 11.9 Å². The molecule has 134 valence electrons. The Morgan fingerprint density at radius 2 is 2.04 bits per heavy atom.